The van der Waals surface area contributed by atoms with E-state index in [9.17, 15) is 4.79 Å². The largest absolute Gasteiger partial charge is 0.347 e. The van der Waals surface area contributed by atoms with E-state index in [0.29, 0.717) is 0 Å². The van der Waals surface area contributed by atoms with E-state index in [1.165, 1.54) is 22.3 Å². The fourth-order valence-electron chi connectivity index (χ4n) is 4.72. The van der Waals surface area contributed by atoms with Crippen LogP contribution in [0.4, 0.5) is 4.79 Å². The predicted octanol–water partition coefficient (Wildman–Crippen LogP) is 4.17. The first kappa shape index (κ1) is 21.8. The van der Waals surface area contributed by atoms with Gasteiger partial charge in [0.25, 0.3) is 0 Å². The highest BCUT2D eigenvalue weighted by atomic mass is 16.7. The Balaban J connectivity index is 1.46. The van der Waals surface area contributed by atoms with Crippen molar-refractivity contribution in [3.8, 4) is 0 Å². The van der Waals surface area contributed by atoms with E-state index in [4.69, 9.17) is 9.47 Å². The van der Waals surface area contributed by atoms with Gasteiger partial charge in [0.2, 0.25) is 0 Å². The van der Waals surface area contributed by atoms with Gasteiger partial charge in [0.15, 0.2) is 0 Å². The van der Waals surface area contributed by atoms with Gasteiger partial charge in [-0.1, -0.05) is 75.2 Å². The molecule has 0 bridgehead atoms. The van der Waals surface area contributed by atoms with Gasteiger partial charge in [0.1, 0.15) is 19.0 Å². The number of carbonyl (C=O) groups is 1. The smallest absolute Gasteiger partial charge is 0.315 e. The average Bonchev–Trinajstić information content (AvgIpc) is 3.22. The minimum Gasteiger partial charge on any atom is -0.347 e. The van der Waals surface area contributed by atoms with Crippen LogP contribution in [0, 0.1) is 0 Å². The van der Waals surface area contributed by atoms with Gasteiger partial charge in [-0.3, -0.25) is 0 Å². The van der Waals surface area contributed by atoms with E-state index in [1.807, 2.05) is 0 Å². The Morgan fingerprint density at radius 2 is 1.10 bits per heavy atom. The molecular weight excluding hydrogens is 388 g/mol. The lowest BCUT2D eigenvalue weighted by atomic mass is 9.91. The van der Waals surface area contributed by atoms with Crippen molar-refractivity contribution < 1.29 is 14.3 Å². The first-order valence-electron chi connectivity index (χ1n) is 11.6. The quantitative estimate of drug-likeness (QED) is 0.671. The number of nitrogens with one attached hydrogen (secondary N) is 2. The summed E-state index contributed by atoms with van der Waals surface area (Å²) >= 11 is 0. The zero-order chi connectivity index (χ0) is 21.6. The molecule has 166 valence electrons. The van der Waals surface area contributed by atoms with Crippen LogP contribution in [0.1, 0.15) is 48.9 Å². The zero-order valence-electron chi connectivity index (χ0n) is 18.6. The molecule has 2 aliphatic heterocycles. The molecule has 0 radical (unpaired) electrons. The summed E-state index contributed by atoms with van der Waals surface area (Å²) in [7, 11) is 0. The summed E-state index contributed by atoms with van der Waals surface area (Å²) in [6, 6.07) is 17.0. The highest BCUT2D eigenvalue weighted by Gasteiger charge is 2.44. The van der Waals surface area contributed by atoms with Gasteiger partial charge in [0, 0.05) is 0 Å². The molecule has 5 heteroatoms. The van der Waals surface area contributed by atoms with E-state index < -0.39 is 0 Å². The van der Waals surface area contributed by atoms with Crippen molar-refractivity contribution in [1.29, 1.82) is 0 Å². The summed E-state index contributed by atoms with van der Waals surface area (Å²) in [5, 5.41) is 6.25. The maximum atomic E-state index is 12.7. The molecule has 0 saturated carbocycles. The minimum atomic E-state index is -0.168. The summed E-state index contributed by atoms with van der Waals surface area (Å²) in [6.45, 7) is 4.65. The lowest BCUT2D eigenvalue weighted by Crippen LogP contribution is -2.47. The maximum Gasteiger partial charge on any atom is 0.315 e. The number of amides is 2. The van der Waals surface area contributed by atoms with Crippen LogP contribution in [-0.4, -0.2) is 37.1 Å². The van der Waals surface area contributed by atoms with E-state index in [-0.39, 0.29) is 37.1 Å². The number of hydrogen-bond acceptors (Lipinski definition) is 3. The second kappa shape index (κ2) is 10.3. The fourth-order valence-corrected chi connectivity index (χ4v) is 4.72. The van der Waals surface area contributed by atoms with Gasteiger partial charge in [0.05, 0.1) is 12.1 Å². The highest BCUT2D eigenvalue weighted by molar-refractivity contribution is 5.75. The van der Waals surface area contributed by atoms with Crippen LogP contribution in [0.2, 0.25) is 0 Å². The zero-order valence-corrected chi connectivity index (χ0v) is 18.6. The van der Waals surface area contributed by atoms with Crippen LogP contribution in [-0.2, 0) is 35.2 Å². The van der Waals surface area contributed by atoms with Gasteiger partial charge < -0.3 is 20.1 Å². The van der Waals surface area contributed by atoms with Crippen LogP contribution in [0.5, 0.6) is 0 Å². The van der Waals surface area contributed by atoms with Crippen molar-refractivity contribution >= 4 is 6.03 Å². The molecule has 2 N–H and O–H groups in total. The van der Waals surface area contributed by atoms with Crippen molar-refractivity contribution in [1.82, 2.24) is 10.6 Å². The number of urea groups is 1. The van der Waals surface area contributed by atoms with Gasteiger partial charge in [-0.25, -0.2) is 4.79 Å². The van der Waals surface area contributed by atoms with E-state index in [1.54, 1.807) is 0 Å². The molecule has 2 saturated heterocycles. The van der Waals surface area contributed by atoms with Gasteiger partial charge in [-0.05, 0) is 47.9 Å². The Morgan fingerprint density at radius 3 is 1.48 bits per heavy atom. The second-order valence-corrected chi connectivity index (χ2v) is 8.75. The molecule has 5 nitrogen and oxygen atoms in total. The van der Waals surface area contributed by atoms with Crippen molar-refractivity contribution in [2.75, 3.05) is 6.79 Å². The number of aryl methyl sites for hydroxylation is 2. The average molecular weight is 423 g/mol. The third kappa shape index (κ3) is 5.46. The maximum absolute atomic E-state index is 12.7. The van der Waals surface area contributed by atoms with Crippen LogP contribution in [0.3, 0.4) is 0 Å². The molecule has 0 aromatic heterocycles. The van der Waals surface area contributed by atoms with Crippen molar-refractivity contribution in [3.63, 3.8) is 0 Å². The number of rotatable bonds is 8. The van der Waals surface area contributed by atoms with Gasteiger partial charge >= 0.3 is 6.03 Å². The molecule has 0 spiro atoms. The number of ether oxygens (including phenoxy) is 2. The third-order valence-electron chi connectivity index (χ3n) is 6.31. The van der Waals surface area contributed by atoms with E-state index in [0.717, 1.165) is 38.5 Å². The fraction of sp³-hybridized carbons (Fsp3) is 0.500. The summed E-state index contributed by atoms with van der Waals surface area (Å²) in [5.74, 6) is 0. The second-order valence-electron chi connectivity index (χ2n) is 8.75. The van der Waals surface area contributed by atoms with Crippen molar-refractivity contribution in [3.05, 3.63) is 70.8 Å². The molecule has 31 heavy (non-hydrogen) atoms. The molecule has 0 unspecified atom stereocenters. The van der Waals surface area contributed by atoms with Crippen molar-refractivity contribution in [2.45, 2.75) is 76.7 Å². The number of carbonyl (C=O) groups excluding carboxylic acids is 1. The lowest BCUT2D eigenvalue weighted by molar-refractivity contribution is 0.0275. The van der Waals surface area contributed by atoms with Crippen LogP contribution in [0.15, 0.2) is 48.5 Å². The molecule has 2 heterocycles. The van der Waals surface area contributed by atoms with E-state index >= 15 is 0 Å². The monoisotopic (exact) mass is 422 g/mol. The Labute approximate surface area is 185 Å². The molecule has 0 aliphatic carbocycles. The Bertz CT molecular complexity index is 780. The SMILES string of the molecule is CCCc1ccc(C[C@H]2NC(=O)N[C@H](Cc3ccc(CCC)cc3)[C@@H]3OCO[C@H]32)cc1. The first-order valence-corrected chi connectivity index (χ1v) is 11.6. The molecule has 2 amide bonds. The Morgan fingerprint density at radius 1 is 0.710 bits per heavy atom. The molecular formula is C26H34N2O3. The summed E-state index contributed by atoms with van der Waals surface area (Å²) in [6.07, 6.45) is 5.58. The standard InChI is InChI=1S/C26H34N2O3/c1-3-5-18-7-11-20(12-8-18)15-22-24-25(31-17-30-24)23(28-26(29)27-22)16-21-13-9-19(6-4-2)10-14-21/h7-14,22-25H,3-6,15-17H2,1-2H3,(H2,27,28,29)/t22-,23-,24+,25+/m1/s1. The van der Waals surface area contributed by atoms with Crippen LogP contribution in [0.25, 0.3) is 0 Å². The molecule has 2 fully saturated rings. The van der Waals surface area contributed by atoms with Crippen molar-refractivity contribution in [2.24, 2.45) is 0 Å². The third-order valence-corrected chi connectivity index (χ3v) is 6.31. The predicted molar refractivity (Wildman–Crippen MR) is 122 cm³/mol. The summed E-state index contributed by atoms with van der Waals surface area (Å²) < 4.78 is 11.9. The summed E-state index contributed by atoms with van der Waals surface area (Å²) in [5.41, 5.74) is 5.09. The van der Waals surface area contributed by atoms with Gasteiger partial charge in [-0.2, -0.15) is 0 Å². The molecule has 4 atom stereocenters. The Hall–Kier alpha value is -2.37. The molecule has 2 aliphatic rings. The first-order chi connectivity index (χ1) is 15.2. The van der Waals surface area contributed by atoms with Crippen LogP contribution >= 0.6 is 0 Å². The molecule has 4 rings (SSSR count). The Kier molecular flexibility index (Phi) is 7.25. The normalized spacial score (nSPS) is 25.4. The molecule has 2 aromatic carbocycles. The number of hydrogen-bond donors (Lipinski definition) is 2. The van der Waals surface area contributed by atoms with E-state index in [2.05, 4.69) is 73.0 Å². The minimum absolute atomic E-state index is 0.124. The summed E-state index contributed by atoms with van der Waals surface area (Å²) in [4.78, 5) is 12.7. The number of benzene rings is 2. The highest BCUT2D eigenvalue weighted by Crippen LogP contribution is 2.26. The lowest BCUT2D eigenvalue weighted by Gasteiger charge is -2.26. The topological polar surface area (TPSA) is 59.6 Å². The molecule has 2 aromatic rings. The number of fused-ring (bicyclic) bond motifs is 1. The van der Waals surface area contributed by atoms with Crippen LogP contribution < -0.4 is 10.6 Å². The van der Waals surface area contributed by atoms with Gasteiger partial charge in [-0.15, -0.1) is 0 Å².